The van der Waals surface area contributed by atoms with Gasteiger partial charge in [-0.2, -0.15) is 0 Å². The van der Waals surface area contributed by atoms with Crippen LogP contribution in [0.4, 0.5) is 5.69 Å². The van der Waals surface area contributed by atoms with Crippen LogP contribution in [0.25, 0.3) is 11.4 Å². The third-order valence-electron chi connectivity index (χ3n) is 4.66. The molecule has 28 heavy (non-hydrogen) atoms. The number of carbonyl (C=O) groups is 2. The molecule has 0 saturated carbocycles. The van der Waals surface area contributed by atoms with Crippen molar-refractivity contribution in [2.24, 2.45) is 0 Å². The zero-order valence-corrected chi connectivity index (χ0v) is 15.0. The molecule has 0 bridgehead atoms. The normalized spacial score (nSPS) is 12.4. The number of nitrogens with one attached hydrogen (secondary N) is 3. The summed E-state index contributed by atoms with van der Waals surface area (Å²) in [5.74, 6) is -1.93. The van der Waals surface area contributed by atoms with E-state index in [9.17, 15) is 14.4 Å². The number of benzene rings is 2. The van der Waals surface area contributed by atoms with Crippen LogP contribution in [0.15, 0.2) is 51.8 Å². The molecule has 0 unspecified atom stereocenters. The van der Waals surface area contributed by atoms with E-state index >= 15 is 0 Å². The van der Waals surface area contributed by atoms with Gasteiger partial charge in [0, 0.05) is 17.8 Å². The molecule has 0 radical (unpaired) electrons. The number of nitrogens with zero attached hydrogens (tertiary/aromatic N) is 1. The number of rotatable bonds is 4. The van der Waals surface area contributed by atoms with Gasteiger partial charge in [-0.15, -0.1) is 0 Å². The van der Waals surface area contributed by atoms with Crippen molar-refractivity contribution in [2.45, 2.75) is 25.8 Å². The third-order valence-corrected chi connectivity index (χ3v) is 4.66. The molecule has 0 saturated heterocycles. The standard InChI is InChI=1S/C20H18N4O4/c25-18(21-11-12-7-8-13-3-1-4-14(13)9-12)19(26)22-16-6-2-5-15(10-16)17-23-20(27)28-24-17/h2,5-10H,1,3-4,11H2,(H,21,25)(H,22,26)(H,23,24,27). The second-order valence-electron chi connectivity index (χ2n) is 6.62. The highest BCUT2D eigenvalue weighted by atomic mass is 16.5. The molecule has 8 nitrogen and oxygen atoms in total. The van der Waals surface area contributed by atoms with Crippen molar-refractivity contribution in [3.05, 3.63) is 69.7 Å². The van der Waals surface area contributed by atoms with E-state index in [4.69, 9.17) is 0 Å². The Morgan fingerprint density at radius 3 is 2.75 bits per heavy atom. The van der Waals surface area contributed by atoms with Gasteiger partial charge in [0.2, 0.25) is 0 Å². The smallest absolute Gasteiger partial charge is 0.344 e. The topological polar surface area (TPSA) is 117 Å². The molecule has 2 aromatic carbocycles. The van der Waals surface area contributed by atoms with Crippen LogP contribution in [-0.4, -0.2) is 22.0 Å². The number of hydrogen-bond donors (Lipinski definition) is 3. The van der Waals surface area contributed by atoms with Gasteiger partial charge in [0.1, 0.15) is 0 Å². The molecule has 8 heteroatoms. The molecule has 0 atom stereocenters. The monoisotopic (exact) mass is 378 g/mol. The van der Waals surface area contributed by atoms with E-state index < -0.39 is 17.6 Å². The number of aromatic nitrogens is 2. The van der Waals surface area contributed by atoms with Crippen LogP contribution in [0.1, 0.15) is 23.1 Å². The van der Waals surface area contributed by atoms with E-state index in [1.54, 1.807) is 24.3 Å². The number of aromatic amines is 1. The van der Waals surface area contributed by atoms with Crippen LogP contribution in [0.3, 0.4) is 0 Å². The zero-order chi connectivity index (χ0) is 19.5. The highest BCUT2D eigenvalue weighted by Gasteiger charge is 2.15. The summed E-state index contributed by atoms with van der Waals surface area (Å²) in [7, 11) is 0. The maximum Gasteiger partial charge on any atom is 0.439 e. The summed E-state index contributed by atoms with van der Waals surface area (Å²) in [4.78, 5) is 37.8. The molecule has 0 aliphatic heterocycles. The summed E-state index contributed by atoms with van der Waals surface area (Å²) < 4.78 is 4.47. The van der Waals surface area contributed by atoms with Crippen molar-refractivity contribution >= 4 is 17.5 Å². The lowest BCUT2D eigenvalue weighted by Crippen LogP contribution is -2.35. The molecule has 3 N–H and O–H groups in total. The van der Waals surface area contributed by atoms with E-state index in [1.807, 2.05) is 6.07 Å². The van der Waals surface area contributed by atoms with Crippen LogP contribution >= 0.6 is 0 Å². The van der Waals surface area contributed by atoms with Gasteiger partial charge in [-0.25, -0.2) is 4.79 Å². The Kier molecular flexibility index (Phi) is 4.76. The number of anilines is 1. The van der Waals surface area contributed by atoms with Crippen molar-refractivity contribution in [1.29, 1.82) is 0 Å². The van der Waals surface area contributed by atoms with Crippen molar-refractivity contribution in [3.63, 3.8) is 0 Å². The molecular formula is C20H18N4O4. The highest BCUT2D eigenvalue weighted by molar-refractivity contribution is 6.39. The number of aryl methyl sites for hydroxylation is 2. The summed E-state index contributed by atoms with van der Waals surface area (Å²) in [6, 6.07) is 12.7. The minimum Gasteiger partial charge on any atom is -0.344 e. The Bertz CT molecular complexity index is 1100. The second-order valence-corrected chi connectivity index (χ2v) is 6.62. The Morgan fingerprint density at radius 2 is 1.93 bits per heavy atom. The van der Waals surface area contributed by atoms with Crippen LogP contribution in [0.5, 0.6) is 0 Å². The molecule has 1 heterocycles. The third kappa shape index (κ3) is 3.85. The molecule has 1 aliphatic carbocycles. The van der Waals surface area contributed by atoms with Crippen LogP contribution in [-0.2, 0) is 29.0 Å². The molecule has 4 rings (SSSR count). The molecule has 2 amide bonds. The van der Waals surface area contributed by atoms with Crippen LogP contribution in [0, 0.1) is 0 Å². The number of H-pyrrole nitrogens is 1. The molecule has 1 aromatic heterocycles. The van der Waals surface area contributed by atoms with E-state index in [1.165, 1.54) is 11.1 Å². The summed E-state index contributed by atoms with van der Waals surface area (Å²) in [5, 5.41) is 8.76. The molecular weight excluding hydrogens is 360 g/mol. The van der Waals surface area contributed by atoms with Gasteiger partial charge in [-0.3, -0.25) is 19.1 Å². The van der Waals surface area contributed by atoms with Crippen molar-refractivity contribution in [3.8, 4) is 11.4 Å². The molecule has 1 aliphatic rings. The fraction of sp³-hybridized carbons (Fsp3) is 0.200. The van der Waals surface area contributed by atoms with E-state index in [0.29, 0.717) is 17.8 Å². The lowest BCUT2D eigenvalue weighted by molar-refractivity contribution is -0.136. The van der Waals surface area contributed by atoms with Gasteiger partial charge in [0.25, 0.3) is 0 Å². The largest absolute Gasteiger partial charge is 0.439 e. The fourth-order valence-electron chi connectivity index (χ4n) is 3.28. The van der Waals surface area contributed by atoms with Crippen LogP contribution < -0.4 is 16.4 Å². The van der Waals surface area contributed by atoms with Crippen molar-refractivity contribution in [2.75, 3.05) is 5.32 Å². The van der Waals surface area contributed by atoms with Crippen molar-refractivity contribution in [1.82, 2.24) is 15.5 Å². The molecule has 0 spiro atoms. The first-order chi connectivity index (χ1) is 13.6. The fourth-order valence-corrected chi connectivity index (χ4v) is 3.28. The predicted molar refractivity (Wildman–Crippen MR) is 102 cm³/mol. The number of hydrogen-bond acceptors (Lipinski definition) is 5. The Labute approximate surface area is 159 Å². The van der Waals surface area contributed by atoms with Crippen molar-refractivity contribution < 1.29 is 14.1 Å². The van der Waals surface area contributed by atoms with Gasteiger partial charge in [0.15, 0.2) is 5.82 Å². The van der Waals surface area contributed by atoms with E-state index in [2.05, 4.69) is 37.4 Å². The maximum atomic E-state index is 12.2. The predicted octanol–water partition coefficient (Wildman–Crippen LogP) is 1.77. The summed E-state index contributed by atoms with van der Waals surface area (Å²) in [6.07, 6.45) is 3.32. The Morgan fingerprint density at radius 1 is 1.07 bits per heavy atom. The minimum absolute atomic E-state index is 0.238. The Balaban J connectivity index is 1.37. The second kappa shape index (κ2) is 7.51. The zero-order valence-electron chi connectivity index (χ0n) is 15.0. The molecule has 3 aromatic rings. The lowest BCUT2D eigenvalue weighted by Gasteiger charge is -2.08. The molecule has 142 valence electrons. The number of fused-ring (bicyclic) bond motifs is 1. The first kappa shape index (κ1) is 17.7. The van der Waals surface area contributed by atoms with Gasteiger partial charge in [0.05, 0.1) is 0 Å². The number of carbonyl (C=O) groups excluding carboxylic acids is 2. The summed E-state index contributed by atoms with van der Waals surface area (Å²) in [6.45, 7) is 0.291. The first-order valence-electron chi connectivity index (χ1n) is 8.95. The van der Waals surface area contributed by atoms with Gasteiger partial charge in [-0.05, 0) is 48.1 Å². The van der Waals surface area contributed by atoms with E-state index in [-0.39, 0.29) is 5.82 Å². The van der Waals surface area contributed by atoms with Crippen LogP contribution in [0.2, 0.25) is 0 Å². The quantitative estimate of drug-likeness (QED) is 0.598. The minimum atomic E-state index is -0.771. The van der Waals surface area contributed by atoms with Gasteiger partial charge < -0.3 is 10.6 Å². The average molecular weight is 378 g/mol. The van der Waals surface area contributed by atoms with Gasteiger partial charge in [-0.1, -0.05) is 35.5 Å². The van der Waals surface area contributed by atoms with E-state index in [0.717, 1.165) is 24.8 Å². The average Bonchev–Trinajstić information content (AvgIpc) is 3.34. The highest BCUT2D eigenvalue weighted by Crippen LogP contribution is 2.22. The Hall–Kier alpha value is -3.68. The lowest BCUT2D eigenvalue weighted by atomic mass is 10.1. The maximum absolute atomic E-state index is 12.2. The molecule has 0 fully saturated rings. The summed E-state index contributed by atoms with van der Waals surface area (Å²) >= 11 is 0. The number of amides is 2. The first-order valence-corrected chi connectivity index (χ1v) is 8.95. The summed E-state index contributed by atoms with van der Waals surface area (Å²) in [5.41, 5.74) is 4.60. The SMILES string of the molecule is O=C(NCc1ccc2c(c1)CCC2)C(=O)Nc1cccc(-c2noc(=O)[nH]2)c1. The van der Waals surface area contributed by atoms with Gasteiger partial charge >= 0.3 is 17.6 Å².